The number of hydrogen-bond acceptors (Lipinski definition) is 17. The number of rotatable bonds is 13. The largest absolute Gasteiger partial charge is 0.509 e. The van der Waals surface area contributed by atoms with E-state index in [0.717, 1.165) is 5.56 Å². The SMILES string of the molecule is CC[C@H]1OC(=O)[C@H](C)[C@@H](O[C@H]2C[C@@](C)(OC)[C@@H](OC(=O)OCc3ccccc3)[C@H](C)O2)[C@H](C)[C@@H](O[C@@H]2O[C@H](C)C[C@H](N(C)C)[C@H]2OC(C)=O)[C@](C)(OC)C[C@@H](C)C(=O)/C(C)=C/[C@]1(C)OC(N)=O. The van der Waals surface area contributed by atoms with Gasteiger partial charge in [0.25, 0.3) is 0 Å². The quantitative estimate of drug-likeness (QED) is 0.167. The number of carbonyl (C=O) groups excluding carboxylic acids is 5. The average molecular weight is 949 g/mol. The smallest absolute Gasteiger partial charge is 0.457 e. The molecule has 18 heteroatoms. The van der Waals surface area contributed by atoms with Gasteiger partial charge in [0.05, 0.1) is 42.0 Å². The molecule has 3 aliphatic heterocycles. The van der Waals surface area contributed by atoms with Gasteiger partial charge in [-0.25, -0.2) is 9.59 Å². The molecule has 18 nitrogen and oxygen atoms in total. The summed E-state index contributed by atoms with van der Waals surface area (Å²) in [4.78, 5) is 69.1. The molecule has 3 aliphatic rings. The van der Waals surface area contributed by atoms with Crippen molar-refractivity contribution in [2.75, 3.05) is 28.3 Å². The van der Waals surface area contributed by atoms with Crippen molar-refractivity contribution in [3.63, 3.8) is 0 Å². The number of carbonyl (C=O) groups is 5. The Balaban J connectivity index is 1.85. The Morgan fingerprint density at radius 2 is 1.49 bits per heavy atom. The van der Waals surface area contributed by atoms with Crippen LogP contribution in [0.3, 0.4) is 0 Å². The average Bonchev–Trinajstić information content (AvgIpc) is 3.26. The Morgan fingerprint density at radius 1 is 0.866 bits per heavy atom. The van der Waals surface area contributed by atoms with Gasteiger partial charge < -0.3 is 62.7 Å². The first-order chi connectivity index (χ1) is 31.3. The molecule has 1 aromatic rings. The van der Waals surface area contributed by atoms with Crippen LogP contribution in [-0.4, -0.2) is 141 Å². The maximum atomic E-state index is 14.7. The molecule has 0 radical (unpaired) electrons. The highest BCUT2D eigenvalue weighted by Crippen LogP contribution is 2.42. The van der Waals surface area contributed by atoms with Crippen LogP contribution in [0, 0.1) is 17.8 Å². The van der Waals surface area contributed by atoms with Gasteiger partial charge in [0.1, 0.15) is 18.3 Å². The first-order valence-electron chi connectivity index (χ1n) is 23.2. The molecule has 0 aromatic heterocycles. The third-order valence-electron chi connectivity index (χ3n) is 13.6. The zero-order chi connectivity index (χ0) is 50.2. The standard InChI is InChI=1S/C49H76N2O16/c1-16-36-47(9,67-45(50)55)23-27(2)38(53)28(3)24-48(10,57-14)41(65-44-40(62-33(8)52)35(51(12)13)22-29(4)60-44)30(5)39(31(6)43(54)63-36)64-37-25-49(11,58-15)42(32(7)61-37)66-46(56)59-26-34-20-18-17-19-21-34/h17-21,23,28-32,35-37,39-42,44H,16,22,24-26H2,1-15H3,(H2,50,55)/b27-23+/t28-,29-,30+,31-,32+,35+,36-,37+,39+,40-,41-,42+,44+,47+,48-,49-/m1/s1. The monoisotopic (exact) mass is 949 g/mol. The minimum Gasteiger partial charge on any atom is -0.457 e. The second kappa shape index (κ2) is 23.4. The van der Waals surface area contributed by atoms with Gasteiger partial charge in [-0.1, -0.05) is 51.1 Å². The molecule has 0 aliphatic carbocycles. The van der Waals surface area contributed by atoms with Crippen molar-refractivity contribution in [1.29, 1.82) is 0 Å². The number of allylic oxidation sites excluding steroid dienone is 1. The number of primary amides is 1. The lowest BCUT2D eigenvalue weighted by molar-refractivity contribution is -0.320. The summed E-state index contributed by atoms with van der Waals surface area (Å²) in [5.74, 6) is -4.21. The fourth-order valence-corrected chi connectivity index (χ4v) is 9.93. The number of amides is 1. The summed E-state index contributed by atoms with van der Waals surface area (Å²) in [5, 5.41) is 0. The molecular formula is C49H76N2O16. The Labute approximate surface area is 396 Å². The lowest BCUT2D eigenvalue weighted by atomic mass is 9.76. The summed E-state index contributed by atoms with van der Waals surface area (Å²) >= 11 is 0. The van der Waals surface area contributed by atoms with E-state index in [2.05, 4.69) is 0 Å². The fraction of sp³-hybridized carbons (Fsp3) is 0.735. The highest BCUT2D eigenvalue weighted by Gasteiger charge is 2.54. The maximum absolute atomic E-state index is 14.7. The highest BCUT2D eigenvalue weighted by atomic mass is 16.8. The predicted molar refractivity (Wildman–Crippen MR) is 243 cm³/mol. The van der Waals surface area contributed by atoms with Gasteiger partial charge in [0, 0.05) is 39.4 Å². The molecule has 16 atom stereocenters. The summed E-state index contributed by atoms with van der Waals surface area (Å²) < 4.78 is 68.5. The number of nitrogens with two attached hydrogens (primary N) is 1. The van der Waals surface area contributed by atoms with Crippen molar-refractivity contribution in [3.05, 3.63) is 47.5 Å². The van der Waals surface area contributed by atoms with Crippen LogP contribution in [0.2, 0.25) is 0 Å². The minimum atomic E-state index is -1.65. The van der Waals surface area contributed by atoms with Crippen LogP contribution in [0.15, 0.2) is 42.0 Å². The van der Waals surface area contributed by atoms with Crippen molar-refractivity contribution < 1.29 is 76.1 Å². The van der Waals surface area contributed by atoms with Crippen molar-refractivity contribution in [2.24, 2.45) is 23.5 Å². The molecule has 0 spiro atoms. The molecule has 0 unspecified atom stereocenters. The van der Waals surface area contributed by atoms with Gasteiger partial charge in [-0.05, 0) is 99.0 Å². The molecule has 3 heterocycles. The van der Waals surface area contributed by atoms with E-state index in [0.29, 0.717) is 6.42 Å². The zero-order valence-electron chi connectivity index (χ0n) is 42.1. The van der Waals surface area contributed by atoms with Gasteiger partial charge in [-0.2, -0.15) is 0 Å². The number of hydrogen-bond donors (Lipinski definition) is 1. The van der Waals surface area contributed by atoms with Gasteiger partial charge in [0.15, 0.2) is 36.2 Å². The molecule has 1 aromatic carbocycles. The molecule has 2 N–H and O–H groups in total. The van der Waals surface area contributed by atoms with Crippen LogP contribution >= 0.6 is 0 Å². The first kappa shape index (κ1) is 55.4. The van der Waals surface area contributed by atoms with Crippen LogP contribution in [0.4, 0.5) is 9.59 Å². The predicted octanol–water partition coefficient (Wildman–Crippen LogP) is 6.42. The molecule has 2 saturated heterocycles. The normalized spacial score (nSPS) is 38.7. The molecule has 67 heavy (non-hydrogen) atoms. The van der Waals surface area contributed by atoms with E-state index in [4.69, 9.17) is 57.8 Å². The van der Waals surface area contributed by atoms with E-state index in [9.17, 15) is 24.0 Å². The molecule has 1 amide bonds. The maximum Gasteiger partial charge on any atom is 0.509 e. The third-order valence-corrected chi connectivity index (χ3v) is 13.6. The van der Waals surface area contributed by atoms with Crippen LogP contribution in [0.1, 0.15) is 107 Å². The number of methoxy groups -OCH3 is 2. The molecule has 0 saturated carbocycles. The van der Waals surface area contributed by atoms with Gasteiger partial charge in [-0.3, -0.25) is 14.4 Å². The lowest BCUT2D eigenvalue weighted by Gasteiger charge is -2.50. The number of nitrogens with zero attached hydrogens (tertiary/aromatic N) is 1. The van der Waals surface area contributed by atoms with E-state index in [1.54, 1.807) is 48.5 Å². The minimum absolute atomic E-state index is 0.00792. The second-order valence-corrected chi connectivity index (χ2v) is 19.3. The van der Waals surface area contributed by atoms with E-state index in [1.165, 1.54) is 34.1 Å². The molecule has 2 fully saturated rings. The molecule has 378 valence electrons. The van der Waals surface area contributed by atoms with Crippen molar-refractivity contribution >= 4 is 30.0 Å². The summed E-state index contributed by atoms with van der Waals surface area (Å²) in [6, 6.07) is 8.86. The van der Waals surface area contributed by atoms with E-state index in [1.807, 2.05) is 63.2 Å². The summed E-state index contributed by atoms with van der Waals surface area (Å²) in [5.41, 5.74) is 2.42. The number of esters is 2. The lowest BCUT2D eigenvalue weighted by Crippen LogP contribution is -2.61. The Kier molecular flexibility index (Phi) is 19.4. The fourth-order valence-electron chi connectivity index (χ4n) is 9.93. The molecular weight excluding hydrogens is 873 g/mol. The van der Waals surface area contributed by atoms with Crippen LogP contribution < -0.4 is 5.73 Å². The van der Waals surface area contributed by atoms with Crippen LogP contribution in [-0.2, 0) is 73.1 Å². The summed E-state index contributed by atoms with van der Waals surface area (Å²) in [6.45, 7) is 18.6. The molecule has 4 rings (SSSR count). The van der Waals surface area contributed by atoms with Gasteiger partial charge in [0.2, 0.25) is 0 Å². The molecule has 0 bridgehead atoms. The third kappa shape index (κ3) is 13.8. The number of benzene rings is 1. The van der Waals surface area contributed by atoms with Crippen molar-refractivity contribution in [3.8, 4) is 0 Å². The topological polar surface area (TPSA) is 216 Å². The van der Waals surface area contributed by atoms with Crippen LogP contribution in [0.25, 0.3) is 0 Å². The number of Topliss-reactive ketones (excluding diaryl/α,β-unsaturated/α-hetero) is 1. The van der Waals surface area contributed by atoms with E-state index < -0.39 is 108 Å². The van der Waals surface area contributed by atoms with Gasteiger partial charge in [-0.15, -0.1) is 0 Å². The second-order valence-electron chi connectivity index (χ2n) is 19.3. The van der Waals surface area contributed by atoms with Crippen molar-refractivity contribution in [1.82, 2.24) is 4.90 Å². The Morgan fingerprint density at radius 3 is 2.06 bits per heavy atom. The summed E-state index contributed by atoms with van der Waals surface area (Å²) in [6.07, 6.45) is -8.29. The highest BCUT2D eigenvalue weighted by molar-refractivity contribution is 5.96. The number of ether oxygens (including phenoxy) is 11. The summed E-state index contributed by atoms with van der Waals surface area (Å²) in [7, 11) is 6.75. The number of likely N-dealkylation sites (N-methyl/N-ethyl adjacent to an activating group) is 1. The van der Waals surface area contributed by atoms with Gasteiger partial charge >= 0.3 is 24.2 Å². The zero-order valence-corrected chi connectivity index (χ0v) is 42.1. The van der Waals surface area contributed by atoms with Crippen LogP contribution in [0.5, 0.6) is 0 Å². The first-order valence-corrected chi connectivity index (χ1v) is 23.2. The van der Waals surface area contributed by atoms with Crippen molar-refractivity contribution in [2.45, 2.75) is 187 Å². The number of ketones is 1. The Hall–Kier alpha value is -4.17. The Bertz CT molecular complexity index is 1880. The number of cyclic esters (lactones) is 1. The van der Waals surface area contributed by atoms with E-state index >= 15 is 0 Å². The van der Waals surface area contributed by atoms with E-state index in [-0.39, 0.29) is 49.4 Å².